The van der Waals surface area contributed by atoms with Crippen molar-refractivity contribution in [1.82, 2.24) is 0 Å². The Morgan fingerprint density at radius 1 is 0.750 bits per heavy atom. The van der Waals surface area contributed by atoms with Gasteiger partial charge in [0.05, 0.1) is 5.41 Å². The van der Waals surface area contributed by atoms with Crippen molar-refractivity contribution in [3.63, 3.8) is 0 Å². The van der Waals surface area contributed by atoms with Crippen molar-refractivity contribution >= 4 is 5.69 Å². The number of anilines is 1. The van der Waals surface area contributed by atoms with Crippen LogP contribution in [-0.2, 0) is 5.41 Å². The van der Waals surface area contributed by atoms with Crippen LogP contribution in [0.15, 0.2) is 127 Å². The first-order valence-corrected chi connectivity index (χ1v) is 14.0. The maximum absolute atomic E-state index is 6.54. The van der Waals surface area contributed by atoms with Gasteiger partial charge in [0, 0.05) is 29.3 Å². The molecule has 3 atom stereocenters. The topological polar surface area (TPSA) is 30.5 Å². The van der Waals surface area contributed by atoms with Crippen LogP contribution >= 0.6 is 0 Å². The standard InChI is InChI=1S/C37H29NO2/c1-3-4-11-23(2)38-24-18-19-33-34(20-24)40-35-21-28-27-14-7-10-17-31(27)37(32(28)22-36(35)39-33)29-15-8-5-12-25(29)26-13-6-9-16-30(26)37/h3-22,25,29,38H,1-2H3/b4-3-,23-11+. The lowest BCUT2D eigenvalue weighted by atomic mass is 9.65. The Bertz CT molecular complexity index is 1820. The lowest BCUT2D eigenvalue weighted by Gasteiger charge is -2.36. The van der Waals surface area contributed by atoms with Gasteiger partial charge in [0.1, 0.15) is 0 Å². The van der Waals surface area contributed by atoms with E-state index in [0.717, 1.165) is 28.6 Å². The summed E-state index contributed by atoms with van der Waals surface area (Å²) >= 11 is 0. The number of allylic oxidation sites excluding steroid dienone is 8. The summed E-state index contributed by atoms with van der Waals surface area (Å²) in [6.45, 7) is 4.06. The molecule has 4 aromatic rings. The fraction of sp³-hybridized carbons (Fsp3) is 0.135. The van der Waals surface area contributed by atoms with E-state index in [1.165, 1.54) is 33.4 Å². The largest absolute Gasteiger partial charge is 0.449 e. The normalized spacial score (nSPS) is 22.6. The lowest BCUT2D eigenvalue weighted by molar-refractivity contribution is 0.358. The van der Waals surface area contributed by atoms with Crippen molar-refractivity contribution in [3.8, 4) is 34.1 Å². The molecular weight excluding hydrogens is 490 g/mol. The van der Waals surface area contributed by atoms with Crippen LogP contribution < -0.4 is 14.8 Å². The molecule has 1 heterocycles. The van der Waals surface area contributed by atoms with Gasteiger partial charge in [-0.25, -0.2) is 0 Å². The quantitative estimate of drug-likeness (QED) is 0.241. The molecule has 4 aliphatic rings. The molecule has 1 aliphatic heterocycles. The van der Waals surface area contributed by atoms with Crippen LogP contribution in [0.1, 0.15) is 42.0 Å². The van der Waals surface area contributed by atoms with Crippen LogP contribution in [-0.4, -0.2) is 0 Å². The maximum atomic E-state index is 6.54. The van der Waals surface area contributed by atoms with E-state index >= 15 is 0 Å². The van der Waals surface area contributed by atoms with Gasteiger partial charge in [-0.3, -0.25) is 0 Å². The van der Waals surface area contributed by atoms with Crippen molar-refractivity contribution < 1.29 is 9.47 Å². The highest BCUT2D eigenvalue weighted by atomic mass is 16.6. The molecule has 0 radical (unpaired) electrons. The fourth-order valence-corrected chi connectivity index (χ4v) is 7.27. The molecule has 8 rings (SSSR count). The van der Waals surface area contributed by atoms with Crippen molar-refractivity contribution in [2.24, 2.45) is 5.92 Å². The van der Waals surface area contributed by atoms with Crippen LogP contribution in [0.3, 0.4) is 0 Å². The zero-order valence-corrected chi connectivity index (χ0v) is 22.5. The molecule has 1 N–H and O–H groups in total. The average molecular weight is 520 g/mol. The highest BCUT2D eigenvalue weighted by Crippen LogP contribution is 2.66. The van der Waals surface area contributed by atoms with Gasteiger partial charge in [0.25, 0.3) is 0 Å². The van der Waals surface area contributed by atoms with Crippen LogP contribution in [0.5, 0.6) is 23.0 Å². The van der Waals surface area contributed by atoms with Gasteiger partial charge in [0.2, 0.25) is 0 Å². The van der Waals surface area contributed by atoms with Crippen LogP contribution in [0, 0.1) is 5.92 Å². The van der Waals surface area contributed by atoms with Crippen molar-refractivity contribution in [2.45, 2.75) is 25.2 Å². The summed E-state index contributed by atoms with van der Waals surface area (Å²) in [5, 5.41) is 3.44. The number of nitrogens with one attached hydrogen (secondary N) is 1. The number of rotatable bonds is 3. The van der Waals surface area contributed by atoms with Gasteiger partial charge >= 0.3 is 0 Å². The molecule has 0 bridgehead atoms. The number of hydrogen-bond acceptors (Lipinski definition) is 3. The Morgan fingerprint density at radius 3 is 2.40 bits per heavy atom. The molecular formula is C37H29NO2. The second-order valence-electron chi connectivity index (χ2n) is 11.0. The Kier molecular flexibility index (Phi) is 4.99. The first-order chi connectivity index (χ1) is 19.7. The van der Waals surface area contributed by atoms with Crippen molar-refractivity contribution in [1.29, 1.82) is 0 Å². The van der Waals surface area contributed by atoms with E-state index in [4.69, 9.17) is 9.47 Å². The summed E-state index contributed by atoms with van der Waals surface area (Å²) in [4.78, 5) is 0. The van der Waals surface area contributed by atoms with E-state index in [1.807, 2.05) is 50.3 Å². The molecule has 0 amide bonds. The highest BCUT2D eigenvalue weighted by molar-refractivity contribution is 5.88. The van der Waals surface area contributed by atoms with Gasteiger partial charge in [-0.15, -0.1) is 0 Å². The minimum atomic E-state index is -0.280. The van der Waals surface area contributed by atoms with E-state index in [0.29, 0.717) is 17.6 Å². The van der Waals surface area contributed by atoms with E-state index in [-0.39, 0.29) is 5.41 Å². The third-order valence-corrected chi connectivity index (χ3v) is 8.79. The Morgan fingerprint density at radius 2 is 1.50 bits per heavy atom. The Balaban J connectivity index is 1.27. The van der Waals surface area contributed by atoms with Crippen molar-refractivity contribution in [2.75, 3.05) is 5.32 Å². The third-order valence-electron chi connectivity index (χ3n) is 8.79. The number of hydrogen-bond donors (Lipinski definition) is 1. The summed E-state index contributed by atoms with van der Waals surface area (Å²) < 4.78 is 13.1. The predicted octanol–water partition coefficient (Wildman–Crippen LogP) is 9.63. The molecule has 3 aliphatic carbocycles. The molecule has 40 heavy (non-hydrogen) atoms. The van der Waals surface area contributed by atoms with E-state index in [2.05, 4.69) is 90.3 Å². The molecule has 1 spiro atoms. The summed E-state index contributed by atoms with van der Waals surface area (Å²) in [5.41, 5.74) is 9.68. The van der Waals surface area contributed by atoms with E-state index in [1.54, 1.807) is 0 Å². The molecule has 0 aromatic heterocycles. The van der Waals surface area contributed by atoms with Gasteiger partial charge in [0.15, 0.2) is 23.0 Å². The zero-order valence-electron chi connectivity index (χ0n) is 22.5. The van der Waals surface area contributed by atoms with E-state index < -0.39 is 0 Å². The summed E-state index contributed by atoms with van der Waals surface area (Å²) in [5.74, 6) is 3.58. The van der Waals surface area contributed by atoms with Gasteiger partial charge < -0.3 is 14.8 Å². The minimum Gasteiger partial charge on any atom is -0.449 e. The molecule has 0 saturated carbocycles. The Labute approximate surface area is 234 Å². The molecule has 4 aromatic carbocycles. The maximum Gasteiger partial charge on any atom is 0.172 e. The lowest BCUT2D eigenvalue weighted by Crippen LogP contribution is -2.33. The van der Waals surface area contributed by atoms with Crippen LogP contribution in [0.2, 0.25) is 0 Å². The molecule has 3 heteroatoms. The van der Waals surface area contributed by atoms with Gasteiger partial charge in [-0.1, -0.05) is 85.0 Å². The molecule has 0 saturated heterocycles. The Hall–Kier alpha value is -4.76. The summed E-state index contributed by atoms with van der Waals surface area (Å²) in [6.07, 6.45) is 15.3. The first-order valence-electron chi connectivity index (χ1n) is 14.0. The highest BCUT2D eigenvalue weighted by Gasteiger charge is 2.57. The van der Waals surface area contributed by atoms with E-state index in [9.17, 15) is 0 Å². The monoisotopic (exact) mass is 519 g/mol. The fourth-order valence-electron chi connectivity index (χ4n) is 7.27. The second kappa shape index (κ2) is 8.62. The smallest absolute Gasteiger partial charge is 0.172 e. The predicted molar refractivity (Wildman–Crippen MR) is 161 cm³/mol. The molecule has 3 unspecified atom stereocenters. The molecule has 194 valence electrons. The molecule has 3 nitrogen and oxygen atoms in total. The number of ether oxygens (including phenoxy) is 2. The minimum absolute atomic E-state index is 0.280. The summed E-state index contributed by atoms with van der Waals surface area (Å²) in [7, 11) is 0. The van der Waals surface area contributed by atoms with Gasteiger partial charge in [-0.05, 0) is 77.6 Å². The number of benzene rings is 4. The first kappa shape index (κ1) is 23.2. The van der Waals surface area contributed by atoms with Crippen LogP contribution in [0.25, 0.3) is 11.1 Å². The second-order valence-corrected chi connectivity index (χ2v) is 11.0. The summed E-state index contributed by atoms with van der Waals surface area (Å²) in [6, 6.07) is 28.3. The van der Waals surface area contributed by atoms with Gasteiger partial charge in [-0.2, -0.15) is 0 Å². The van der Waals surface area contributed by atoms with Crippen molar-refractivity contribution in [3.05, 3.63) is 149 Å². The SMILES string of the molecule is C/C=C\C=C(/C)Nc1ccc2c(c1)Oc1cc3c(cc1O2)C1(c2ccccc2-3)c2ccccc2C2C=CC=CC21. The average Bonchev–Trinajstić information content (AvgIpc) is 3.45. The van der Waals surface area contributed by atoms with Crippen LogP contribution in [0.4, 0.5) is 5.69 Å². The number of fused-ring (bicyclic) bond motifs is 12. The molecule has 0 fully saturated rings. The zero-order chi connectivity index (χ0) is 26.8. The third kappa shape index (κ3) is 3.12.